The van der Waals surface area contributed by atoms with Crippen LogP contribution in [0.25, 0.3) is 0 Å². The third-order valence-electron chi connectivity index (χ3n) is 5.76. The first-order chi connectivity index (χ1) is 14.3. The van der Waals surface area contributed by atoms with E-state index in [1.54, 1.807) is 4.90 Å². The number of nitrogens with one attached hydrogen (secondary N) is 2. The Morgan fingerprint density at radius 1 is 1.20 bits per heavy atom. The highest BCUT2D eigenvalue weighted by Crippen LogP contribution is 2.23. The lowest BCUT2D eigenvalue weighted by atomic mass is 9.93. The molecule has 164 valence electrons. The van der Waals surface area contributed by atoms with Gasteiger partial charge in [-0.2, -0.15) is 0 Å². The molecule has 30 heavy (non-hydrogen) atoms. The zero-order valence-corrected chi connectivity index (χ0v) is 18.1. The highest BCUT2D eigenvalue weighted by molar-refractivity contribution is 7.11. The number of piperidine rings is 1. The van der Waals surface area contributed by atoms with Gasteiger partial charge in [-0.15, -0.1) is 11.3 Å². The van der Waals surface area contributed by atoms with Crippen LogP contribution in [-0.4, -0.2) is 64.4 Å². The van der Waals surface area contributed by atoms with Gasteiger partial charge in [0.2, 0.25) is 17.7 Å². The molecule has 2 aliphatic rings. The number of nitrogens with zero attached hydrogens (tertiary/aromatic N) is 2. The molecule has 2 unspecified atom stereocenters. The first-order valence-electron chi connectivity index (χ1n) is 10.2. The van der Waals surface area contributed by atoms with Gasteiger partial charge in [-0.25, -0.2) is 4.98 Å². The fraction of sp³-hybridized carbons (Fsp3) is 0.650. The Morgan fingerprint density at radius 2 is 1.87 bits per heavy atom. The number of imide groups is 1. The summed E-state index contributed by atoms with van der Waals surface area (Å²) in [5.41, 5.74) is 0.409. The molecule has 4 amide bonds. The molecule has 3 heterocycles. The van der Waals surface area contributed by atoms with Gasteiger partial charge in [0.15, 0.2) is 0 Å². The molecule has 3 N–H and O–H groups in total. The highest BCUT2D eigenvalue weighted by atomic mass is 32.1. The molecular weight excluding hydrogens is 408 g/mol. The van der Waals surface area contributed by atoms with Crippen LogP contribution in [0.4, 0.5) is 0 Å². The SMILES string of the molecule is Cc1nc(C(=O)NC2CCN(C(=O)CC3CC(=O)NC(=O)C3)CCC2CO)c(C)s1. The lowest BCUT2D eigenvalue weighted by Crippen LogP contribution is -2.42. The molecule has 0 radical (unpaired) electrons. The lowest BCUT2D eigenvalue weighted by Gasteiger charge is -2.25. The summed E-state index contributed by atoms with van der Waals surface area (Å²) >= 11 is 1.46. The summed E-state index contributed by atoms with van der Waals surface area (Å²) in [6.07, 6.45) is 1.59. The number of amides is 4. The summed E-state index contributed by atoms with van der Waals surface area (Å²) in [5, 5.41) is 15.9. The largest absolute Gasteiger partial charge is 0.396 e. The van der Waals surface area contributed by atoms with Crippen LogP contribution in [0.3, 0.4) is 0 Å². The van der Waals surface area contributed by atoms with Crippen molar-refractivity contribution in [3.05, 3.63) is 15.6 Å². The van der Waals surface area contributed by atoms with E-state index in [-0.39, 0.29) is 67.4 Å². The van der Waals surface area contributed by atoms with Crippen LogP contribution in [0.1, 0.15) is 52.5 Å². The Hall–Kier alpha value is -2.33. The van der Waals surface area contributed by atoms with Crippen molar-refractivity contribution in [2.75, 3.05) is 19.7 Å². The third-order valence-corrected chi connectivity index (χ3v) is 6.65. The smallest absolute Gasteiger partial charge is 0.271 e. The molecule has 1 aromatic rings. The molecule has 0 bridgehead atoms. The fourth-order valence-electron chi connectivity index (χ4n) is 4.17. The standard InChI is InChI=1S/C20H28N4O5S/c1-11-19(21-12(2)30-11)20(29)22-15-4-6-24(5-3-14(15)10-25)18(28)9-13-7-16(26)23-17(27)8-13/h13-15,25H,3-10H2,1-2H3,(H,22,29)(H,23,26,27). The number of hydrogen-bond acceptors (Lipinski definition) is 7. The Kier molecular flexibility index (Phi) is 7.19. The van der Waals surface area contributed by atoms with Crippen molar-refractivity contribution in [2.45, 2.75) is 52.0 Å². The van der Waals surface area contributed by atoms with E-state index in [9.17, 15) is 24.3 Å². The minimum Gasteiger partial charge on any atom is -0.396 e. The maximum atomic E-state index is 12.7. The molecule has 0 aliphatic carbocycles. The number of aromatic nitrogens is 1. The summed E-state index contributed by atoms with van der Waals surface area (Å²) in [5.74, 6) is -1.47. The maximum Gasteiger partial charge on any atom is 0.271 e. The van der Waals surface area contributed by atoms with Gasteiger partial charge in [0.25, 0.3) is 5.91 Å². The lowest BCUT2D eigenvalue weighted by molar-refractivity contribution is -0.137. The number of hydrogen-bond donors (Lipinski definition) is 3. The average Bonchev–Trinajstić information content (AvgIpc) is 2.88. The molecule has 0 spiro atoms. The van der Waals surface area contributed by atoms with E-state index in [2.05, 4.69) is 15.6 Å². The number of rotatable bonds is 5. The van der Waals surface area contributed by atoms with Crippen molar-refractivity contribution in [3.63, 3.8) is 0 Å². The third kappa shape index (κ3) is 5.42. The van der Waals surface area contributed by atoms with Gasteiger partial charge in [-0.05, 0) is 32.6 Å². The first-order valence-corrected chi connectivity index (χ1v) is 11.0. The van der Waals surface area contributed by atoms with Gasteiger partial charge in [0, 0.05) is 55.8 Å². The normalized spacial score (nSPS) is 23.1. The van der Waals surface area contributed by atoms with Crippen molar-refractivity contribution in [1.82, 2.24) is 20.5 Å². The van der Waals surface area contributed by atoms with E-state index < -0.39 is 0 Å². The van der Waals surface area contributed by atoms with E-state index in [4.69, 9.17) is 0 Å². The van der Waals surface area contributed by atoms with Gasteiger partial charge in [-0.3, -0.25) is 24.5 Å². The van der Waals surface area contributed by atoms with E-state index >= 15 is 0 Å². The number of aliphatic hydroxyl groups excluding tert-OH is 1. The van der Waals surface area contributed by atoms with Gasteiger partial charge in [0.1, 0.15) is 5.69 Å². The monoisotopic (exact) mass is 436 g/mol. The molecular formula is C20H28N4O5S. The summed E-state index contributed by atoms with van der Waals surface area (Å²) in [6, 6.07) is -0.260. The van der Waals surface area contributed by atoms with Crippen LogP contribution in [-0.2, 0) is 14.4 Å². The number of carbonyl (C=O) groups is 4. The molecule has 2 saturated heterocycles. The van der Waals surface area contributed by atoms with Gasteiger partial charge < -0.3 is 15.3 Å². The minimum atomic E-state index is -0.337. The molecule has 2 fully saturated rings. The summed E-state index contributed by atoms with van der Waals surface area (Å²) in [7, 11) is 0. The van der Waals surface area contributed by atoms with Crippen molar-refractivity contribution < 1.29 is 24.3 Å². The maximum absolute atomic E-state index is 12.7. The topological polar surface area (TPSA) is 129 Å². The molecule has 3 rings (SSSR count). The minimum absolute atomic E-state index is 0.0840. The van der Waals surface area contributed by atoms with Gasteiger partial charge in [0.05, 0.1) is 5.01 Å². The number of thiazole rings is 1. The van der Waals surface area contributed by atoms with Crippen LogP contribution >= 0.6 is 11.3 Å². The predicted molar refractivity (Wildman–Crippen MR) is 110 cm³/mol. The second kappa shape index (κ2) is 9.65. The summed E-state index contributed by atoms with van der Waals surface area (Å²) in [6.45, 7) is 4.54. The molecule has 2 aliphatic heterocycles. The quantitative estimate of drug-likeness (QED) is 0.578. The number of likely N-dealkylation sites (tertiary alicyclic amines) is 1. The van der Waals surface area contributed by atoms with Crippen molar-refractivity contribution in [3.8, 4) is 0 Å². The Labute approximate surface area is 179 Å². The summed E-state index contributed by atoms with van der Waals surface area (Å²) in [4.78, 5) is 55.3. The van der Waals surface area contributed by atoms with E-state index in [0.29, 0.717) is 31.6 Å². The second-order valence-electron chi connectivity index (χ2n) is 8.07. The fourth-order valence-corrected chi connectivity index (χ4v) is 4.99. The molecule has 0 aromatic carbocycles. The van der Waals surface area contributed by atoms with E-state index in [1.807, 2.05) is 13.8 Å². The predicted octanol–water partition coefficient (Wildman–Crippen LogP) is 0.532. The van der Waals surface area contributed by atoms with Crippen molar-refractivity contribution >= 4 is 35.0 Å². The highest BCUT2D eigenvalue weighted by Gasteiger charge is 2.32. The van der Waals surface area contributed by atoms with E-state index in [0.717, 1.165) is 9.88 Å². The average molecular weight is 437 g/mol. The Morgan fingerprint density at radius 3 is 2.47 bits per heavy atom. The zero-order valence-electron chi connectivity index (χ0n) is 17.3. The number of carbonyl (C=O) groups excluding carboxylic acids is 4. The number of aryl methyl sites for hydroxylation is 2. The second-order valence-corrected chi connectivity index (χ2v) is 9.48. The van der Waals surface area contributed by atoms with Crippen molar-refractivity contribution in [2.24, 2.45) is 11.8 Å². The van der Waals surface area contributed by atoms with Gasteiger partial charge in [-0.1, -0.05) is 0 Å². The molecule has 2 atom stereocenters. The Balaban J connectivity index is 1.59. The molecule has 10 heteroatoms. The van der Waals surface area contributed by atoms with Crippen LogP contribution in [0, 0.1) is 25.7 Å². The van der Waals surface area contributed by atoms with Gasteiger partial charge >= 0.3 is 0 Å². The zero-order chi connectivity index (χ0) is 21.8. The first kappa shape index (κ1) is 22.4. The van der Waals surface area contributed by atoms with E-state index in [1.165, 1.54) is 11.3 Å². The Bertz CT molecular complexity index is 823. The molecule has 0 saturated carbocycles. The van der Waals surface area contributed by atoms with Crippen LogP contribution < -0.4 is 10.6 Å². The number of aliphatic hydroxyl groups is 1. The molecule has 9 nitrogen and oxygen atoms in total. The van der Waals surface area contributed by atoms with Crippen LogP contribution in [0.5, 0.6) is 0 Å². The van der Waals surface area contributed by atoms with Crippen LogP contribution in [0.15, 0.2) is 0 Å². The summed E-state index contributed by atoms with van der Waals surface area (Å²) < 4.78 is 0. The van der Waals surface area contributed by atoms with Crippen molar-refractivity contribution in [1.29, 1.82) is 0 Å². The molecule has 1 aromatic heterocycles. The van der Waals surface area contributed by atoms with Crippen LogP contribution in [0.2, 0.25) is 0 Å².